The van der Waals surface area contributed by atoms with Gasteiger partial charge >= 0.3 is 0 Å². The summed E-state index contributed by atoms with van der Waals surface area (Å²) in [4.78, 5) is 58.1. The Kier molecular flexibility index (Phi) is 6.51. The van der Waals surface area contributed by atoms with Crippen LogP contribution >= 0.6 is 0 Å². The van der Waals surface area contributed by atoms with Crippen LogP contribution in [0, 0.1) is 5.92 Å². The Bertz CT molecular complexity index is 561. The molecule has 24 heavy (non-hydrogen) atoms. The first-order valence-electron chi connectivity index (χ1n) is 7.06. The average molecular weight is 345 g/mol. The van der Waals surface area contributed by atoms with Crippen molar-refractivity contribution in [3.05, 3.63) is 0 Å². The zero-order valence-corrected chi connectivity index (χ0v) is 13.1. The van der Waals surface area contributed by atoms with Gasteiger partial charge in [-0.05, 0) is 6.92 Å². The van der Waals surface area contributed by atoms with E-state index in [1.165, 1.54) is 6.92 Å². The minimum absolute atomic E-state index is 0.186. The van der Waals surface area contributed by atoms with Crippen molar-refractivity contribution in [2.24, 2.45) is 5.92 Å². The second-order valence-corrected chi connectivity index (χ2v) is 5.37. The zero-order chi connectivity index (χ0) is 18.6. The molecule has 1 rings (SSSR count). The lowest BCUT2D eigenvalue weighted by Crippen LogP contribution is -2.57. The topological polar surface area (TPSA) is 173 Å². The van der Waals surface area contributed by atoms with E-state index < -0.39 is 66.5 Å². The minimum Gasteiger partial charge on any atom is -0.394 e. The molecule has 0 spiro atoms. The van der Waals surface area contributed by atoms with Crippen LogP contribution in [0.25, 0.3) is 0 Å². The van der Waals surface area contributed by atoms with Crippen LogP contribution in [0.5, 0.6) is 0 Å². The molecule has 5 N–H and O–H groups in total. The molecule has 0 aliphatic carbocycles. The van der Waals surface area contributed by atoms with Crippen LogP contribution < -0.4 is 10.6 Å². The number of nitrogens with zero attached hydrogens (tertiary/aromatic N) is 1. The molecule has 1 aliphatic rings. The number of hydrogen-bond donors (Lipinski definition) is 5. The number of aliphatic hydroxyl groups excluding tert-OH is 2. The van der Waals surface area contributed by atoms with Crippen LogP contribution in [-0.2, 0) is 24.0 Å². The smallest absolute Gasteiger partial charge is 0.264 e. The Balaban J connectivity index is 2.84. The lowest BCUT2D eigenvalue weighted by Gasteiger charge is -2.24. The van der Waals surface area contributed by atoms with Crippen LogP contribution in [0.15, 0.2) is 0 Å². The Hall–Kier alpha value is -2.37. The van der Waals surface area contributed by atoms with E-state index in [9.17, 15) is 34.2 Å². The van der Waals surface area contributed by atoms with E-state index in [1.807, 2.05) is 0 Å². The molecule has 0 saturated carbocycles. The monoisotopic (exact) mass is 345 g/mol. The predicted molar refractivity (Wildman–Crippen MR) is 75.1 cm³/mol. The van der Waals surface area contributed by atoms with Gasteiger partial charge in [-0.15, -0.1) is 0 Å². The Morgan fingerprint density at radius 3 is 2.25 bits per heavy atom. The van der Waals surface area contributed by atoms with Crippen LogP contribution in [0.1, 0.15) is 20.3 Å². The molecule has 4 atom stereocenters. The van der Waals surface area contributed by atoms with E-state index in [2.05, 4.69) is 10.6 Å². The highest BCUT2D eigenvalue weighted by molar-refractivity contribution is 6.15. The molecule has 0 aromatic carbocycles. The molecule has 4 amide bonds. The van der Waals surface area contributed by atoms with E-state index in [4.69, 9.17) is 5.21 Å². The van der Waals surface area contributed by atoms with Crippen molar-refractivity contribution in [3.8, 4) is 0 Å². The zero-order valence-electron chi connectivity index (χ0n) is 13.1. The normalized spacial score (nSPS) is 21.2. The molecule has 0 aromatic rings. The second kappa shape index (κ2) is 7.95. The average Bonchev–Trinajstić information content (AvgIpc) is 2.76. The van der Waals surface area contributed by atoms with Gasteiger partial charge in [0.1, 0.15) is 18.0 Å². The van der Waals surface area contributed by atoms with Gasteiger partial charge in [0.2, 0.25) is 11.8 Å². The number of nitrogens with one attached hydrogen (secondary N) is 2. The number of carbonyl (C=O) groups excluding carboxylic acids is 5. The molecule has 134 valence electrons. The van der Waals surface area contributed by atoms with Gasteiger partial charge in [0.25, 0.3) is 11.8 Å². The summed E-state index contributed by atoms with van der Waals surface area (Å²) in [5, 5.41) is 32.0. The summed E-state index contributed by atoms with van der Waals surface area (Å²) in [6.45, 7) is 1.48. The van der Waals surface area contributed by atoms with Crippen molar-refractivity contribution < 1.29 is 39.4 Å². The van der Waals surface area contributed by atoms with Crippen molar-refractivity contribution in [1.82, 2.24) is 15.7 Å². The number of amides is 4. The first-order chi connectivity index (χ1) is 11.1. The van der Waals surface area contributed by atoms with Crippen molar-refractivity contribution in [1.29, 1.82) is 0 Å². The highest BCUT2D eigenvalue weighted by Gasteiger charge is 2.45. The Labute approximate surface area is 136 Å². The third kappa shape index (κ3) is 4.34. The molecule has 0 radical (unpaired) electrons. The van der Waals surface area contributed by atoms with Gasteiger partial charge in [-0.3, -0.25) is 29.2 Å². The van der Waals surface area contributed by atoms with Gasteiger partial charge in [0.05, 0.1) is 12.7 Å². The van der Waals surface area contributed by atoms with Gasteiger partial charge in [-0.25, -0.2) is 0 Å². The number of aliphatic hydroxyl groups is 2. The fourth-order valence-electron chi connectivity index (χ4n) is 2.18. The molecular weight excluding hydrogens is 326 g/mol. The fraction of sp³-hybridized carbons (Fsp3) is 0.615. The molecule has 11 nitrogen and oxygen atoms in total. The lowest BCUT2D eigenvalue weighted by atomic mass is 9.96. The van der Waals surface area contributed by atoms with E-state index >= 15 is 0 Å². The summed E-state index contributed by atoms with van der Waals surface area (Å²) >= 11 is 0. The van der Waals surface area contributed by atoms with Crippen molar-refractivity contribution in [2.75, 3.05) is 6.61 Å². The third-order valence-corrected chi connectivity index (χ3v) is 3.43. The van der Waals surface area contributed by atoms with Crippen molar-refractivity contribution in [3.63, 3.8) is 0 Å². The van der Waals surface area contributed by atoms with E-state index in [0.29, 0.717) is 0 Å². The Morgan fingerprint density at radius 1 is 1.29 bits per heavy atom. The molecule has 1 saturated heterocycles. The highest BCUT2D eigenvalue weighted by atomic mass is 16.5. The molecule has 1 heterocycles. The summed E-state index contributed by atoms with van der Waals surface area (Å²) < 4.78 is 0. The molecule has 0 aromatic heterocycles. The van der Waals surface area contributed by atoms with Crippen LogP contribution in [0.4, 0.5) is 0 Å². The lowest BCUT2D eigenvalue weighted by molar-refractivity contribution is -0.172. The highest BCUT2D eigenvalue weighted by Crippen LogP contribution is 2.20. The standard InChI is InChI=1S/C13H19N3O8/c1-5(18)10(14-6(2)19)12(22)15-8(4-17)11(21)7-3-9(20)16(24)13(7)23/h5,7-8,10,17-18,24H,3-4H2,1-2H3,(H,14,19)(H,15,22). The SMILES string of the molecule is CC(=O)NC(C(=O)NC(CO)C(=O)C1CC(=O)N(O)C1=O)C(C)O. The molecule has 4 unspecified atom stereocenters. The maximum atomic E-state index is 12.2. The number of rotatable bonds is 7. The van der Waals surface area contributed by atoms with Crippen LogP contribution in [-0.4, -0.2) is 74.7 Å². The Morgan fingerprint density at radius 2 is 1.88 bits per heavy atom. The summed E-state index contributed by atoms with van der Waals surface area (Å²) in [5.74, 6) is -6.16. The molecule has 11 heteroatoms. The van der Waals surface area contributed by atoms with Gasteiger partial charge in [0.15, 0.2) is 5.78 Å². The largest absolute Gasteiger partial charge is 0.394 e. The maximum absolute atomic E-state index is 12.2. The first-order valence-corrected chi connectivity index (χ1v) is 7.06. The minimum atomic E-state index is -1.54. The molecular formula is C13H19N3O8. The second-order valence-electron chi connectivity index (χ2n) is 5.37. The summed E-state index contributed by atoms with van der Waals surface area (Å²) in [6.07, 6.45) is -1.86. The summed E-state index contributed by atoms with van der Waals surface area (Å²) in [7, 11) is 0. The van der Waals surface area contributed by atoms with Crippen LogP contribution in [0.2, 0.25) is 0 Å². The number of imide groups is 1. The molecule has 1 fully saturated rings. The number of hydroxylamine groups is 2. The van der Waals surface area contributed by atoms with E-state index in [1.54, 1.807) is 0 Å². The van der Waals surface area contributed by atoms with Crippen molar-refractivity contribution in [2.45, 2.75) is 38.5 Å². The predicted octanol–water partition coefficient (Wildman–Crippen LogP) is -3.32. The van der Waals surface area contributed by atoms with Gasteiger partial charge in [-0.1, -0.05) is 0 Å². The van der Waals surface area contributed by atoms with Gasteiger partial charge in [-0.2, -0.15) is 5.06 Å². The summed E-state index contributed by atoms with van der Waals surface area (Å²) in [5.41, 5.74) is 0. The fourth-order valence-corrected chi connectivity index (χ4v) is 2.18. The quantitative estimate of drug-likeness (QED) is 0.181. The maximum Gasteiger partial charge on any atom is 0.264 e. The summed E-state index contributed by atoms with van der Waals surface area (Å²) in [6, 6.07) is -2.92. The van der Waals surface area contributed by atoms with Crippen molar-refractivity contribution >= 4 is 29.4 Å². The molecule has 0 bridgehead atoms. The van der Waals surface area contributed by atoms with E-state index in [0.717, 1.165) is 6.92 Å². The van der Waals surface area contributed by atoms with Crippen LogP contribution in [0.3, 0.4) is 0 Å². The number of Topliss-reactive ketones (excluding diaryl/α,β-unsaturated/α-hetero) is 1. The number of hydrogen-bond acceptors (Lipinski definition) is 8. The van der Waals surface area contributed by atoms with Gasteiger partial charge in [0, 0.05) is 13.3 Å². The number of carbonyl (C=O) groups is 5. The van der Waals surface area contributed by atoms with E-state index in [-0.39, 0.29) is 5.06 Å². The third-order valence-electron chi connectivity index (χ3n) is 3.43. The number of ketones is 1. The molecule has 1 aliphatic heterocycles. The first kappa shape index (κ1) is 19.7. The van der Waals surface area contributed by atoms with Gasteiger partial charge < -0.3 is 20.8 Å².